The average molecular weight is 335 g/mol. The first-order valence-corrected chi connectivity index (χ1v) is 9.81. The summed E-state index contributed by atoms with van der Waals surface area (Å²) in [5.41, 5.74) is 0.816. The van der Waals surface area contributed by atoms with E-state index in [2.05, 4.69) is 59.0 Å². The van der Waals surface area contributed by atoms with Gasteiger partial charge in [-0.3, -0.25) is 4.79 Å². The summed E-state index contributed by atoms with van der Waals surface area (Å²) in [6, 6.07) is 10.3. The predicted molar refractivity (Wildman–Crippen MR) is 104 cm³/mol. The van der Waals surface area contributed by atoms with Crippen LogP contribution in [0.4, 0.5) is 0 Å². The molecule has 0 bridgehead atoms. The predicted octanol–water partition coefficient (Wildman–Crippen LogP) is 5.72. The molecule has 1 N–H and O–H groups in total. The molecular formula is C20H34NOP. The van der Waals surface area contributed by atoms with Gasteiger partial charge >= 0.3 is 0 Å². The minimum Gasteiger partial charge on any atom is -0.351 e. The molecule has 130 valence electrons. The van der Waals surface area contributed by atoms with Crippen LogP contribution in [0.5, 0.6) is 0 Å². The number of hydrogen-bond acceptors (Lipinski definition) is 1. The highest BCUT2D eigenvalue weighted by molar-refractivity contribution is 7.62. The van der Waals surface area contributed by atoms with Gasteiger partial charge in [0.2, 0.25) is 5.91 Å². The van der Waals surface area contributed by atoms with Gasteiger partial charge in [-0.25, -0.2) is 0 Å². The van der Waals surface area contributed by atoms with Gasteiger partial charge in [0.15, 0.2) is 0 Å². The molecule has 1 rings (SSSR count). The van der Waals surface area contributed by atoms with Crippen LogP contribution in [0.25, 0.3) is 0 Å². The fourth-order valence-electron chi connectivity index (χ4n) is 3.27. The SMILES string of the molecule is CC(C)(C)NC(=O)C(c1ccccc1)P(C(C)(C)C)C(C)(C)C. The number of nitrogens with one attached hydrogen (secondary N) is 1. The Morgan fingerprint density at radius 2 is 1.30 bits per heavy atom. The minimum atomic E-state index is -0.587. The highest BCUT2D eigenvalue weighted by Gasteiger charge is 2.44. The molecule has 0 aliphatic carbocycles. The molecule has 3 heteroatoms. The molecule has 0 heterocycles. The van der Waals surface area contributed by atoms with Gasteiger partial charge in [-0.15, -0.1) is 0 Å². The number of carbonyl (C=O) groups excluding carboxylic acids is 1. The van der Waals surface area contributed by atoms with E-state index in [9.17, 15) is 4.79 Å². The lowest BCUT2D eigenvalue weighted by Crippen LogP contribution is -2.45. The zero-order valence-electron chi connectivity index (χ0n) is 16.3. The number of rotatable bonds is 3. The lowest BCUT2D eigenvalue weighted by Gasteiger charge is -2.46. The normalized spacial score (nSPS) is 14.7. The van der Waals surface area contributed by atoms with Gasteiger partial charge in [-0.2, -0.15) is 0 Å². The Balaban J connectivity index is 3.41. The van der Waals surface area contributed by atoms with Crippen molar-refractivity contribution in [3.8, 4) is 0 Å². The van der Waals surface area contributed by atoms with E-state index in [0.717, 1.165) is 5.56 Å². The molecule has 0 saturated heterocycles. The summed E-state index contributed by atoms with van der Waals surface area (Å²) in [6.45, 7) is 19.7. The van der Waals surface area contributed by atoms with Crippen molar-refractivity contribution in [1.29, 1.82) is 0 Å². The first-order valence-electron chi connectivity index (χ1n) is 8.40. The van der Waals surface area contributed by atoms with Crippen LogP contribution >= 0.6 is 7.92 Å². The largest absolute Gasteiger partial charge is 0.351 e. The number of hydrogen-bond donors (Lipinski definition) is 1. The second kappa shape index (κ2) is 6.93. The highest BCUT2D eigenvalue weighted by atomic mass is 31.1. The number of benzene rings is 1. The van der Waals surface area contributed by atoms with E-state index in [1.807, 2.05) is 39.0 Å². The van der Waals surface area contributed by atoms with E-state index in [0.29, 0.717) is 0 Å². The van der Waals surface area contributed by atoms with Gasteiger partial charge in [0.05, 0.1) is 5.66 Å². The van der Waals surface area contributed by atoms with Crippen LogP contribution < -0.4 is 5.32 Å². The van der Waals surface area contributed by atoms with Crippen LogP contribution in [0, 0.1) is 0 Å². The van der Waals surface area contributed by atoms with Crippen molar-refractivity contribution >= 4 is 13.8 Å². The Morgan fingerprint density at radius 1 is 0.870 bits per heavy atom. The summed E-state index contributed by atoms with van der Waals surface area (Å²) in [7, 11) is -0.587. The van der Waals surface area contributed by atoms with Crippen molar-refractivity contribution in [1.82, 2.24) is 5.32 Å². The fraction of sp³-hybridized carbons (Fsp3) is 0.650. The average Bonchev–Trinajstić information content (AvgIpc) is 2.31. The van der Waals surface area contributed by atoms with Crippen molar-refractivity contribution in [3.63, 3.8) is 0 Å². The van der Waals surface area contributed by atoms with E-state index in [-0.39, 0.29) is 27.4 Å². The molecule has 0 spiro atoms. The molecule has 23 heavy (non-hydrogen) atoms. The van der Waals surface area contributed by atoms with E-state index in [4.69, 9.17) is 0 Å². The van der Waals surface area contributed by atoms with E-state index < -0.39 is 7.92 Å². The Hall–Kier alpha value is -0.880. The van der Waals surface area contributed by atoms with Crippen LogP contribution in [0.2, 0.25) is 0 Å². The molecule has 0 saturated carbocycles. The second-order valence-electron chi connectivity index (χ2n) is 9.26. The molecule has 0 radical (unpaired) electrons. The van der Waals surface area contributed by atoms with Gasteiger partial charge in [-0.05, 0) is 36.6 Å². The summed E-state index contributed by atoms with van der Waals surface area (Å²) >= 11 is 0. The van der Waals surface area contributed by atoms with Gasteiger partial charge in [0.25, 0.3) is 0 Å². The van der Waals surface area contributed by atoms with E-state index in [1.165, 1.54) is 0 Å². The highest BCUT2D eigenvalue weighted by Crippen LogP contribution is 2.68. The Morgan fingerprint density at radius 3 is 1.65 bits per heavy atom. The van der Waals surface area contributed by atoms with Crippen LogP contribution in [-0.4, -0.2) is 21.8 Å². The van der Waals surface area contributed by atoms with E-state index >= 15 is 0 Å². The van der Waals surface area contributed by atoms with Gasteiger partial charge in [0.1, 0.15) is 0 Å². The Labute approximate surface area is 144 Å². The van der Waals surface area contributed by atoms with Gasteiger partial charge in [0, 0.05) is 5.54 Å². The molecule has 0 aromatic heterocycles. The van der Waals surface area contributed by atoms with Crippen molar-refractivity contribution in [2.45, 2.75) is 83.8 Å². The Bertz CT molecular complexity index is 503. The quantitative estimate of drug-likeness (QED) is 0.703. The van der Waals surface area contributed by atoms with Gasteiger partial charge < -0.3 is 5.32 Å². The summed E-state index contributed by atoms with van der Waals surface area (Å²) in [6.07, 6.45) is 0. The molecule has 0 aliphatic heterocycles. The maximum atomic E-state index is 13.2. The fourth-order valence-corrected chi connectivity index (χ4v) is 7.60. The van der Waals surface area contributed by atoms with Crippen LogP contribution in [0.3, 0.4) is 0 Å². The lowest BCUT2D eigenvalue weighted by molar-refractivity contribution is -0.122. The van der Waals surface area contributed by atoms with Crippen LogP contribution in [0.1, 0.15) is 73.5 Å². The zero-order valence-corrected chi connectivity index (χ0v) is 17.2. The molecule has 2 nitrogen and oxygen atoms in total. The maximum absolute atomic E-state index is 13.2. The topological polar surface area (TPSA) is 29.1 Å². The molecule has 0 fully saturated rings. The number of amides is 1. The van der Waals surface area contributed by atoms with Gasteiger partial charge in [-0.1, -0.05) is 79.8 Å². The van der Waals surface area contributed by atoms with Crippen molar-refractivity contribution < 1.29 is 4.79 Å². The maximum Gasteiger partial charge on any atom is 0.232 e. The van der Waals surface area contributed by atoms with Crippen molar-refractivity contribution in [3.05, 3.63) is 35.9 Å². The summed E-state index contributed by atoms with van der Waals surface area (Å²) in [5.74, 6) is 0.152. The summed E-state index contributed by atoms with van der Waals surface area (Å²) in [4.78, 5) is 13.2. The molecule has 1 unspecified atom stereocenters. The molecular weight excluding hydrogens is 301 g/mol. The third-order valence-electron chi connectivity index (χ3n) is 3.57. The molecule has 0 aliphatic rings. The van der Waals surface area contributed by atoms with E-state index in [1.54, 1.807) is 0 Å². The summed E-state index contributed by atoms with van der Waals surface area (Å²) < 4.78 is 0. The Kier molecular flexibility index (Phi) is 6.08. The summed E-state index contributed by atoms with van der Waals surface area (Å²) in [5, 5.41) is 3.39. The van der Waals surface area contributed by atoms with Crippen molar-refractivity contribution in [2.75, 3.05) is 0 Å². The monoisotopic (exact) mass is 335 g/mol. The second-order valence-corrected chi connectivity index (χ2v) is 13.2. The van der Waals surface area contributed by atoms with Crippen molar-refractivity contribution in [2.24, 2.45) is 0 Å². The zero-order chi connectivity index (χ0) is 18.1. The number of carbonyl (C=O) groups is 1. The van der Waals surface area contributed by atoms with Crippen LogP contribution in [-0.2, 0) is 4.79 Å². The third-order valence-corrected chi connectivity index (χ3v) is 7.51. The van der Waals surface area contributed by atoms with Crippen LogP contribution in [0.15, 0.2) is 30.3 Å². The smallest absolute Gasteiger partial charge is 0.232 e. The molecule has 1 aromatic carbocycles. The third kappa shape index (κ3) is 5.92. The minimum absolute atomic E-state index is 0.0866. The molecule has 1 atom stereocenters. The standard InChI is InChI=1S/C20H34NOP/c1-18(2,3)21-17(22)16(15-13-11-10-12-14-15)23(19(4,5)6)20(7,8)9/h10-14,16H,1-9H3,(H,21,22). The molecule has 1 amide bonds. The first kappa shape index (κ1) is 20.2. The molecule has 1 aromatic rings. The lowest BCUT2D eigenvalue weighted by atomic mass is 10.1. The first-order chi connectivity index (χ1) is 10.2.